The lowest BCUT2D eigenvalue weighted by Gasteiger charge is -2.30. The first-order valence-corrected chi connectivity index (χ1v) is 6.92. The quantitative estimate of drug-likeness (QED) is 0.638. The monoisotopic (exact) mass is 273 g/mol. The average molecular weight is 273 g/mol. The van der Waals surface area contributed by atoms with Gasteiger partial charge >= 0.3 is 11.9 Å². The molecule has 0 aromatic carbocycles. The van der Waals surface area contributed by atoms with Gasteiger partial charge in [-0.3, -0.25) is 14.5 Å². The predicted octanol–water partition coefficient (Wildman–Crippen LogP) is 2.31. The molecule has 2 N–H and O–H groups in total. The zero-order chi connectivity index (χ0) is 15.0. The van der Waals surface area contributed by atoms with E-state index < -0.39 is 18.0 Å². The molecule has 1 unspecified atom stereocenters. The summed E-state index contributed by atoms with van der Waals surface area (Å²) in [6.45, 7) is 9.04. The van der Waals surface area contributed by atoms with Gasteiger partial charge in [-0.2, -0.15) is 0 Å². The van der Waals surface area contributed by atoms with Crippen molar-refractivity contribution in [3.8, 4) is 0 Å². The summed E-state index contributed by atoms with van der Waals surface area (Å²) in [7, 11) is 0. The van der Waals surface area contributed by atoms with Crippen molar-refractivity contribution >= 4 is 11.9 Å². The van der Waals surface area contributed by atoms with Gasteiger partial charge in [0, 0.05) is 6.54 Å². The third-order valence-corrected chi connectivity index (χ3v) is 3.03. The van der Waals surface area contributed by atoms with Crippen LogP contribution in [-0.4, -0.2) is 46.2 Å². The smallest absolute Gasteiger partial charge is 0.320 e. The van der Waals surface area contributed by atoms with Crippen LogP contribution in [0.4, 0.5) is 0 Å². The first-order valence-electron chi connectivity index (χ1n) is 6.92. The predicted molar refractivity (Wildman–Crippen MR) is 74.2 cm³/mol. The van der Waals surface area contributed by atoms with Crippen LogP contribution in [0.1, 0.15) is 47.0 Å². The summed E-state index contributed by atoms with van der Waals surface area (Å²) in [4.78, 5) is 23.9. The first kappa shape index (κ1) is 17.9. The molecule has 0 bridgehead atoms. The van der Waals surface area contributed by atoms with E-state index in [2.05, 4.69) is 13.8 Å². The molecule has 0 aromatic rings. The molecule has 0 radical (unpaired) electrons. The van der Waals surface area contributed by atoms with Crippen molar-refractivity contribution in [1.29, 1.82) is 0 Å². The highest BCUT2D eigenvalue weighted by molar-refractivity contribution is 5.73. The van der Waals surface area contributed by atoms with E-state index >= 15 is 0 Å². The van der Waals surface area contributed by atoms with Crippen LogP contribution in [0.5, 0.6) is 0 Å². The Kier molecular flexibility index (Phi) is 8.39. The van der Waals surface area contributed by atoms with Crippen molar-refractivity contribution in [3.05, 3.63) is 0 Å². The van der Waals surface area contributed by atoms with Crippen molar-refractivity contribution in [3.63, 3.8) is 0 Å². The van der Waals surface area contributed by atoms with E-state index in [1.807, 2.05) is 13.8 Å². The molecule has 5 nitrogen and oxygen atoms in total. The van der Waals surface area contributed by atoms with Crippen molar-refractivity contribution < 1.29 is 19.8 Å². The Morgan fingerprint density at radius 3 is 1.95 bits per heavy atom. The first-order chi connectivity index (χ1) is 8.73. The van der Waals surface area contributed by atoms with E-state index in [1.54, 1.807) is 4.90 Å². The lowest BCUT2D eigenvalue weighted by Crippen LogP contribution is -2.44. The number of carbonyl (C=O) groups is 2. The maximum absolute atomic E-state index is 11.4. The third-order valence-electron chi connectivity index (χ3n) is 3.03. The van der Waals surface area contributed by atoms with Gasteiger partial charge < -0.3 is 10.2 Å². The molecular formula is C14H27NO4. The summed E-state index contributed by atoms with van der Waals surface area (Å²) < 4.78 is 0. The lowest BCUT2D eigenvalue weighted by atomic mass is 10.0. The zero-order valence-electron chi connectivity index (χ0n) is 12.4. The van der Waals surface area contributed by atoms with Crippen LogP contribution in [0.3, 0.4) is 0 Å². The fourth-order valence-electron chi connectivity index (χ4n) is 1.94. The number of hydrogen-bond acceptors (Lipinski definition) is 3. The number of rotatable bonds is 10. The van der Waals surface area contributed by atoms with Crippen LogP contribution < -0.4 is 0 Å². The fourth-order valence-corrected chi connectivity index (χ4v) is 1.94. The van der Waals surface area contributed by atoms with Gasteiger partial charge in [-0.25, -0.2) is 0 Å². The minimum Gasteiger partial charge on any atom is -0.481 e. The molecule has 0 saturated carbocycles. The Morgan fingerprint density at radius 2 is 1.58 bits per heavy atom. The molecule has 0 spiro atoms. The Labute approximate surface area is 115 Å². The largest absolute Gasteiger partial charge is 0.481 e. The second-order valence-electron chi connectivity index (χ2n) is 5.85. The number of carboxylic acids is 2. The van der Waals surface area contributed by atoms with Gasteiger partial charge in [0.25, 0.3) is 0 Å². The van der Waals surface area contributed by atoms with Gasteiger partial charge in [-0.15, -0.1) is 0 Å². The van der Waals surface area contributed by atoms with Gasteiger partial charge in [0.15, 0.2) is 0 Å². The molecule has 0 aliphatic rings. The van der Waals surface area contributed by atoms with Crippen LogP contribution in [0.2, 0.25) is 0 Å². The normalized spacial score (nSPS) is 13.2. The molecule has 112 valence electrons. The SMILES string of the molecule is CC(C)CCN(CCC(=O)O)C(CC(C)C)C(=O)O. The molecule has 0 fully saturated rings. The van der Waals surface area contributed by atoms with Crippen LogP contribution in [0.15, 0.2) is 0 Å². The van der Waals surface area contributed by atoms with Crippen LogP contribution in [0.25, 0.3) is 0 Å². The van der Waals surface area contributed by atoms with Gasteiger partial charge in [-0.1, -0.05) is 27.7 Å². The molecule has 0 aromatic heterocycles. The number of nitrogens with zero attached hydrogens (tertiary/aromatic N) is 1. The van der Waals surface area contributed by atoms with E-state index in [-0.39, 0.29) is 12.3 Å². The Balaban J connectivity index is 4.71. The third kappa shape index (κ3) is 8.59. The Bertz CT molecular complexity index is 289. The molecule has 0 heterocycles. The molecule has 0 aliphatic carbocycles. The maximum Gasteiger partial charge on any atom is 0.320 e. The molecule has 0 aliphatic heterocycles. The summed E-state index contributed by atoms with van der Waals surface area (Å²) in [5, 5.41) is 18.1. The lowest BCUT2D eigenvalue weighted by molar-refractivity contribution is -0.145. The van der Waals surface area contributed by atoms with Crippen LogP contribution in [0, 0.1) is 11.8 Å². The minimum absolute atomic E-state index is 0.0139. The number of aliphatic carboxylic acids is 2. The Hall–Kier alpha value is -1.10. The summed E-state index contributed by atoms with van der Waals surface area (Å²) in [5.74, 6) is -1.00. The summed E-state index contributed by atoms with van der Waals surface area (Å²) in [6, 6.07) is -0.585. The topological polar surface area (TPSA) is 77.8 Å². The molecule has 19 heavy (non-hydrogen) atoms. The fraction of sp³-hybridized carbons (Fsp3) is 0.857. The standard InChI is InChI=1S/C14H27NO4/c1-10(2)5-7-15(8-6-13(16)17)12(14(18)19)9-11(3)4/h10-12H,5-9H2,1-4H3,(H,16,17)(H,18,19). The molecule has 1 atom stereocenters. The number of carboxylic acid groups (broad SMARTS) is 2. The van der Waals surface area contributed by atoms with Crippen LogP contribution in [-0.2, 0) is 9.59 Å². The second kappa shape index (κ2) is 8.91. The number of hydrogen-bond donors (Lipinski definition) is 2. The summed E-state index contributed by atoms with van der Waals surface area (Å²) in [6.07, 6.45) is 1.41. The molecule has 0 rings (SSSR count). The van der Waals surface area contributed by atoms with Gasteiger partial charge in [0.1, 0.15) is 6.04 Å². The van der Waals surface area contributed by atoms with Crippen molar-refractivity contribution in [1.82, 2.24) is 4.90 Å². The van der Waals surface area contributed by atoms with E-state index in [1.165, 1.54) is 0 Å². The average Bonchev–Trinajstić information content (AvgIpc) is 2.25. The van der Waals surface area contributed by atoms with Crippen molar-refractivity contribution in [2.75, 3.05) is 13.1 Å². The molecule has 0 saturated heterocycles. The maximum atomic E-state index is 11.4. The Morgan fingerprint density at radius 1 is 1.00 bits per heavy atom. The van der Waals surface area contributed by atoms with E-state index in [0.29, 0.717) is 25.4 Å². The van der Waals surface area contributed by atoms with E-state index in [0.717, 1.165) is 6.42 Å². The second-order valence-corrected chi connectivity index (χ2v) is 5.85. The minimum atomic E-state index is -0.886. The van der Waals surface area contributed by atoms with Gasteiger partial charge in [-0.05, 0) is 31.2 Å². The van der Waals surface area contributed by atoms with Crippen molar-refractivity contribution in [2.24, 2.45) is 11.8 Å². The highest BCUT2D eigenvalue weighted by Gasteiger charge is 2.26. The van der Waals surface area contributed by atoms with Gasteiger partial charge in [0.05, 0.1) is 6.42 Å². The van der Waals surface area contributed by atoms with Crippen LogP contribution >= 0.6 is 0 Å². The van der Waals surface area contributed by atoms with E-state index in [9.17, 15) is 14.7 Å². The highest BCUT2D eigenvalue weighted by atomic mass is 16.4. The summed E-state index contributed by atoms with van der Waals surface area (Å²) >= 11 is 0. The van der Waals surface area contributed by atoms with E-state index in [4.69, 9.17) is 5.11 Å². The molecular weight excluding hydrogens is 246 g/mol. The van der Waals surface area contributed by atoms with Crippen molar-refractivity contribution in [2.45, 2.75) is 53.0 Å². The molecule has 0 amide bonds. The molecule has 5 heteroatoms. The highest BCUT2D eigenvalue weighted by Crippen LogP contribution is 2.15. The van der Waals surface area contributed by atoms with Gasteiger partial charge in [0.2, 0.25) is 0 Å². The zero-order valence-corrected chi connectivity index (χ0v) is 12.4. The summed E-state index contributed by atoms with van der Waals surface area (Å²) in [5.41, 5.74) is 0.